The van der Waals surface area contributed by atoms with E-state index in [1.54, 1.807) is 13.1 Å². The highest BCUT2D eigenvalue weighted by Crippen LogP contribution is 2.31. The van der Waals surface area contributed by atoms with Crippen LogP contribution in [-0.2, 0) is 0 Å². The summed E-state index contributed by atoms with van der Waals surface area (Å²) in [7, 11) is 3.14. The number of halogens is 1. The number of fused-ring (bicyclic) bond motifs is 1. The number of methoxy groups -OCH3 is 1. The van der Waals surface area contributed by atoms with Crippen LogP contribution in [0.2, 0.25) is 0 Å². The Morgan fingerprint density at radius 2 is 2.20 bits per heavy atom. The van der Waals surface area contributed by atoms with Gasteiger partial charge in [0.2, 0.25) is 0 Å². The normalized spacial score (nSPS) is 10.5. The highest BCUT2D eigenvalue weighted by molar-refractivity contribution is 7.20. The first-order chi connectivity index (χ1) is 12.1. The Morgan fingerprint density at radius 1 is 1.40 bits per heavy atom. The van der Waals surface area contributed by atoms with E-state index in [1.165, 1.54) is 25.6 Å². The first-order valence-electron chi connectivity index (χ1n) is 7.19. The summed E-state index contributed by atoms with van der Waals surface area (Å²) in [4.78, 5) is 22.9. The Bertz CT molecular complexity index is 959. The van der Waals surface area contributed by atoms with Gasteiger partial charge >= 0.3 is 0 Å². The van der Waals surface area contributed by atoms with Crippen molar-refractivity contribution in [2.24, 2.45) is 0 Å². The Kier molecular flexibility index (Phi) is 4.57. The van der Waals surface area contributed by atoms with Crippen LogP contribution in [0.3, 0.4) is 0 Å². The fourth-order valence-corrected chi connectivity index (χ4v) is 3.26. The monoisotopic (exact) mass is 359 g/mol. The van der Waals surface area contributed by atoms with Crippen molar-refractivity contribution in [1.82, 2.24) is 9.97 Å². The van der Waals surface area contributed by atoms with E-state index in [2.05, 4.69) is 15.3 Å². The number of hydrogen-bond acceptors (Lipinski definition) is 7. The topological polar surface area (TPSA) is 91.2 Å². The van der Waals surface area contributed by atoms with Crippen LogP contribution >= 0.6 is 11.3 Å². The minimum atomic E-state index is -0.659. The lowest BCUT2D eigenvalue weighted by atomic mass is 10.2. The number of aromatic nitrogens is 2. The minimum Gasteiger partial charge on any atom is -0.497 e. The van der Waals surface area contributed by atoms with Crippen molar-refractivity contribution in [1.29, 1.82) is 5.41 Å². The third-order valence-corrected chi connectivity index (χ3v) is 4.57. The van der Waals surface area contributed by atoms with E-state index in [0.717, 1.165) is 28.6 Å². The van der Waals surface area contributed by atoms with Crippen molar-refractivity contribution >= 4 is 45.3 Å². The minimum absolute atomic E-state index is 0.0295. The molecule has 1 amide bonds. The molecule has 0 bridgehead atoms. The molecule has 2 N–H and O–H groups in total. The van der Waals surface area contributed by atoms with Gasteiger partial charge < -0.3 is 10.1 Å². The Hall–Kier alpha value is -3.07. The van der Waals surface area contributed by atoms with Gasteiger partial charge in [-0.15, -0.1) is 11.3 Å². The average Bonchev–Trinajstić information content (AvgIpc) is 3.07. The van der Waals surface area contributed by atoms with Gasteiger partial charge in [0, 0.05) is 13.1 Å². The van der Waals surface area contributed by atoms with Gasteiger partial charge in [0.15, 0.2) is 5.82 Å². The largest absolute Gasteiger partial charge is 0.497 e. The van der Waals surface area contributed by atoms with Crippen LogP contribution in [0, 0.1) is 11.2 Å². The highest BCUT2D eigenvalue weighted by atomic mass is 32.1. The molecule has 2 aromatic heterocycles. The number of benzene rings is 1. The van der Waals surface area contributed by atoms with E-state index < -0.39 is 11.7 Å². The van der Waals surface area contributed by atoms with Gasteiger partial charge in [-0.3, -0.25) is 15.1 Å². The van der Waals surface area contributed by atoms with Crippen molar-refractivity contribution in [3.8, 4) is 5.75 Å². The molecule has 128 valence electrons. The molecule has 7 nitrogen and oxygen atoms in total. The number of carbonyl (C=O) groups is 1. The maximum Gasteiger partial charge on any atom is 0.273 e. The maximum atomic E-state index is 14.3. The first kappa shape index (κ1) is 16.8. The molecule has 3 aromatic rings. The highest BCUT2D eigenvalue weighted by Gasteiger charge is 2.22. The third-order valence-electron chi connectivity index (χ3n) is 3.54. The number of carbonyl (C=O) groups excluding carboxylic acids is 1. The van der Waals surface area contributed by atoms with Crippen molar-refractivity contribution < 1.29 is 13.9 Å². The Balaban J connectivity index is 2.02. The van der Waals surface area contributed by atoms with Gasteiger partial charge in [-0.05, 0) is 18.2 Å². The zero-order chi connectivity index (χ0) is 18.0. The summed E-state index contributed by atoms with van der Waals surface area (Å²) >= 11 is 1.15. The van der Waals surface area contributed by atoms with E-state index in [0.29, 0.717) is 26.7 Å². The molecule has 2 heterocycles. The molecule has 0 unspecified atom stereocenters. The summed E-state index contributed by atoms with van der Waals surface area (Å²) in [5.74, 6) is -0.260. The number of rotatable bonds is 5. The average molecular weight is 359 g/mol. The number of thiophene rings is 1. The van der Waals surface area contributed by atoms with Crippen LogP contribution < -0.4 is 15.0 Å². The molecule has 0 spiro atoms. The second kappa shape index (κ2) is 6.81. The molecule has 0 radical (unpaired) electrons. The van der Waals surface area contributed by atoms with E-state index in [9.17, 15) is 9.18 Å². The summed E-state index contributed by atoms with van der Waals surface area (Å²) in [6.07, 6.45) is 2.18. The molecular weight excluding hydrogens is 345 g/mol. The standard InChI is InChI=1S/C16H14FN5O2S/c1-19-14-10-6-13(25-15(10)21-8-20-14)16(23)22(7-18)12-4-3-9(24-2)5-11(12)17/h3-8,18H,1-2H3,(H,19,20,21). The molecule has 1 aromatic carbocycles. The number of anilines is 2. The van der Waals surface area contributed by atoms with E-state index >= 15 is 0 Å². The number of nitrogens with zero attached hydrogens (tertiary/aromatic N) is 3. The van der Waals surface area contributed by atoms with Crippen LogP contribution in [0.5, 0.6) is 5.75 Å². The summed E-state index contributed by atoms with van der Waals surface area (Å²) in [6.45, 7) is 0. The van der Waals surface area contributed by atoms with Gasteiger partial charge in [0.05, 0.1) is 29.4 Å². The van der Waals surface area contributed by atoms with Crippen LogP contribution in [0.25, 0.3) is 10.2 Å². The second-order valence-corrected chi connectivity index (χ2v) is 5.95. The van der Waals surface area contributed by atoms with E-state index in [4.69, 9.17) is 10.1 Å². The number of hydrogen-bond donors (Lipinski definition) is 2. The van der Waals surface area contributed by atoms with Gasteiger partial charge in [0.25, 0.3) is 5.91 Å². The lowest BCUT2D eigenvalue weighted by Gasteiger charge is -2.17. The third kappa shape index (κ3) is 3.01. The van der Waals surface area contributed by atoms with Gasteiger partial charge in [-0.25, -0.2) is 14.4 Å². The number of ether oxygens (including phenoxy) is 1. The molecule has 9 heteroatoms. The molecule has 0 atom stereocenters. The van der Waals surface area contributed by atoms with Crippen LogP contribution in [0.15, 0.2) is 30.6 Å². The van der Waals surface area contributed by atoms with E-state index in [1.807, 2.05) is 0 Å². The van der Waals surface area contributed by atoms with Crippen molar-refractivity contribution in [3.63, 3.8) is 0 Å². The fourth-order valence-electron chi connectivity index (χ4n) is 2.33. The number of nitrogens with one attached hydrogen (secondary N) is 2. The molecule has 3 rings (SSSR count). The summed E-state index contributed by atoms with van der Waals surface area (Å²) in [5, 5.41) is 11.2. The summed E-state index contributed by atoms with van der Waals surface area (Å²) < 4.78 is 19.2. The molecule has 0 aliphatic rings. The summed E-state index contributed by atoms with van der Waals surface area (Å²) in [6, 6.07) is 5.71. The Morgan fingerprint density at radius 3 is 2.84 bits per heavy atom. The zero-order valence-corrected chi connectivity index (χ0v) is 14.2. The zero-order valence-electron chi connectivity index (χ0n) is 13.4. The maximum absolute atomic E-state index is 14.3. The quantitative estimate of drug-likeness (QED) is 0.539. The van der Waals surface area contributed by atoms with Crippen molar-refractivity contribution in [3.05, 3.63) is 41.3 Å². The van der Waals surface area contributed by atoms with Gasteiger partial charge in [-0.2, -0.15) is 0 Å². The smallest absolute Gasteiger partial charge is 0.273 e. The van der Waals surface area contributed by atoms with Crippen molar-refractivity contribution in [2.75, 3.05) is 24.4 Å². The number of amides is 1. The van der Waals surface area contributed by atoms with Crippen LogP contribution in [0.1, 0.15) is 9.67 Å². The molecule has 0 saturated carbocycles. The lowest BCUT2D eigenvalue weighted by Crippen LogP contribution is -2.29. The fraction of sp³-hybridized carbons (Fsp3) is 0.125. The SMILES string of the molecule is CNc1ncnc2sc(C(=O)N(C=N)c3ccc(OC)cc3F)cc12. The predicted octanol–water partition coefficient (Wildman–Crippen LogP) is 3.13. The van der Waals surface area contributed by atoms with Crippen LogP contribution in [-0.4, -0.2) is 36.4 Å². The van der Waals surface area contributed by atoms with Gasteiger partial charge in [-0.1, -0.05) is 0 Å². The van der Waals surface area contributed by atoms with E-state index in [-0.39, 0.29) is 5.69 Å². The predicted molar refractivity (Wildman–Crippen MR) is 95.5 cm³/mol. The molecule has 25 heavy (non-hydrogen) atoms. The molecule has 0 saturated heterocycles. The first-order valence-corrected chi connectivity index (χ1v) is 8.00. The second-order valence-electron chi connectivity index (χ2n) is 4.92. The van der Waals surface area contributed by atoms with Crippen LogP contribution in [0.4, 0.5) is 15.9 Å². The lowest BCUT2D eigenvalue weighted by molar-refractivity contribution is 0.101. The van der Waals surface area contributed by atoms with Gasteiger partial charge in [0.1, 0.15) is 22.7 Å². The molecule has 0 aliphatic carbocycles. The molecular formula is C16H14FN5O2S. The molecule has 0 fully saturated rings. The Labute approximate surface area is 146 Å². The molecule has 0 aliphatic heterocycles. The summed E-state index contributed by atoms with van der Waals surface area (Å²) in [5.41, 5.74) is -0.0295. The van der Waals surface area contributed by atoms with Crippen molar-refractivity contribution in [2.45, 2.75) is 0 Å².